The fourth-order valence-corrected chi connectivity index (χ4v) is 3.44. The molecule has 1 heterocycles. The van der Waals surface area contributed by atoms with Crippen LogP contribution in [-0.2, 0) is 15.3 Å². The lowest BCUT2D eigenvalue weighted by Gasteiger charge is -2.14. The number of carbonyl (C=O) groups excluding carboxylic acids is 3. The Morgan fingerprint density at radius 2 is 1.87 bits per heavy atom. The number of nitrogens with zero attached hydrogens (tertiary/aromatic N) is 1. The first-order chi connectivity index (χ1) is 14.5. The molecule has 0 aliphatic heterocycles. The van der Waals surface area contributed by atoms with E-state index in [0.29, 0.717) is 34.2 Å². The number of rotatable bonds is 7. The molecule has 30 heavy (non-hydrogen) atoms. The number of aromatic nitrogens is 1. The average Bonchev–Trinajstić information content (AvgIpc) is 3.15. The van der Waals surface area contributed by atoms with E-state index in [1.807, 2.05) is 30.3 Å². The first kappa shape index (κ1) is 21.4. The Morgan fingerprint density at radius 1 is 1.13 bits per heavy atom. The molecule has 2 N–H and O–H groups in total. The summed E-state index contributed by atoms with van der Waals surface area (Å²) < 4.78 is 10.9. The summed E-state index contributed by atoms with van der Waals surface area (Å²) in [5, 5.41) is 5.05. The molecule has 3 amide bonds. The van der Waals surface area contributed by atoms with Crippen LogP contribution in [0.2, 0.25) is 0 Å². The first-order valence-corrected chi connectivity index (χ1v) is 10.3. The second-order valence-corrected chi connectivity index (χ2v) is 7.22. The fraction of sp³-hybridized carbons (Fsp3) is 0.238. The zero-order valence-electron chi connectivity index (χ0n) is 16.5. The maximum Gasteiger partial charge on any atom is 0.339 e. The van der Waals surface area contributed by atoms with E-state index < -0.39 is 24.0 Å². The van der Waals surface area contributed by atoms with Gasteiger partial charge in [0.25, 0.3) is 11.1 Å². The van der Waals surface area contributed by atoms with Crippen LogP contribution in [0.5, 0.6) is 0 Å². The zero-order chi connectivity index (χ0) is 21.5. The number of urea groups is 1. The van der Waals surface area contributed by atoms with Crippen molar-refractivity contribution in [3.8, 4) is 0 Å². The molecule has 156 valence electrons. The van der Waals surface area contributed by atoms with Gasteiger partial charge in [-0.3, -0.25) is 10.1 Å². The molecule has 2 aromatic carbocycles. The molecule has 0 spiro atoms. The summed E-state index contributed by atoms with van der Waals surface area (Å²) in [6.07, 6.45) is -1.13. The molecule has 1 aromatic heterocycles. The molecule has 3 aromatic rings. The Morgan fingerprint density at radius 3 is 2.63 bits per heavy atom. The fourth-order valence-electron chi connectivity index (χ4n) is 2.59. The largest absolute Gasteiger partial charge is 0.449 e. The molecule has 0 saturated heterocycles. The number of hydrogen-bond acceptors (Lipinski definition) is 7. The monoisotopic (exact) mass is 427 g/mol. The van der Waals surface area contributed by atoms with Gasteiger partial charge in [-0.25, -0.2) is 14.6 Å². The molecule has 0 aliphatic rings. The van der Waals surface area contributed by atoms with Crippen molar-refractivity contribution in [3.05, 3.63) is 59.7 Å². The van der Waals surface area contributed by atoms with Gasteiger partial charge in [0.15, 0.2) is 11.7 Å². The topological polar surface area (TPSA) is 111 Å². The summed E-state index contributed by atoms with van der Waals surface area (Å²) in [6, 6.07) is 13.8. The van der Waals surface area contributed by atoms with E-state index in [4.69, 9.17) is 9.15 Å². The number of fused-ring (bicyclic) bond motifs is 1. The van der Waals surface area contributed by atoms with Crippen LogP contribution >= 0.6 is 11.8 Å². The van der Waals surface area contributed by atoms with Crippen molar-refractivity contribution in [1.82, 2.24) is 15.6 Å². The van der Waals surface area contributed by atoms with Crippen LogP contribution in [-0.4, -0.2) is 35.5 Å². The number of benzene rings is 2. The third-order valence-electron chi connectivity index (χ3n) is 4.09. The number of ether oxygens (including phenoxy) is 1. The third-order valence-corrected chi connectivity index (χ3v) is 4.97. The standard InChI is InChI=1S/C21H21N3O5S/c1-3-22-20(27)24-18(25)13(2)28-19(26)15-9-5-4-8-14(15)12-30-21-23-16-10-6-7-11-17(16)29-21/h4-11,13H,3,12H2,1-2H3,(H2,22,24,25,27)/t13-/m1/s1. The van der Waals surface area contributed by atoms with E-state index in [0.717, 1.165) is 5.52 Å². The van der Waals surface area contributed by atoms with Gasteiger partial charge in [-0.2, -0.15) is 0 Å². The van der Waals surface area contributed by atoms with Gasteiger partial charge in [0, 0.05) is 12.3 Å². The Balaban J connectivity index is 1.64. The number of thioether (sulfide) groups is 1. The van der Waals surface area contributed by atoms with Crippen molar-refractivity contribution in [2.75, 3.05) is 6.54 Å². The molecular formula is C21H21N3O5S. The van der Waals surface area contributed by atoms with E-state index in [9.17, 15) is 14.4 Å². The summed E-state index contributed by atoms with van der Waals surface area (Å²) in [7, 11) is 0. The zero-order valence-corrected chi connectivity index (χ0v) is 17.3. The molecule has 0 unspecified atom stereocenters. The molecule has 0 fully saturated rings. The lowest BCUT2D eigenvalue weighted by molar-refractivity contribution is -0.127. The second kappa shape index (κ2) is 9.93. The van der Waals surface area contributed by atoms with Crippen LogP contribution in [0.4, 0.5) is 4.79 Å². The average molecular weight is 427 g/mol. The van der Waals surface area contributed by atoms with Crippen LogP contribution < -0.4 is 10.6 Å². The minimum absolute atomic E-state index is 0.332. The molecule has 3 rings (SSSR count). The lowest BCUT2D eigenvalue weighted by Crippen LogP contribution is -2.44. The molecule has 0 radical (unpaired) electrons. The van der Waals surface area contributed by atoms with Crippen molar-refractivity contribution in [3.63, 3.8) is 0 Å². The van der Waals surface area contributed by atoms with Crippen molar-refractivity contribution in [2.45, 2.75) is 30.9 Å². The molecular weight excluding hydrogens is 406 g/mol. The number of oxazole rings is 1. The van der Waals surface area contributed by atoms with Crippen LogP contribution in [0.1, 0.15) is 29.8 Å². The number of esters is 1. The van der Waals surface area contributed by atoms with Gasteiger partial charge in [0.05, 0.1) is 5.56 Å². The van der Waals surface area contributed by atoms with Crippen LogP contribution in [0.15, 0.2) is 58.2 Å². The van der Waals surface area contributed by atoms with Crippen molar-refractivity contribution in [2.24, 2.45) is 0 Å². The normalized spacial score (nSPS) is 11.7. The molecule has 8 nitrogen and oxygen atoms in total. The number of amides is 3. The van der Waals surface area contributed by atoms with E-state index >= 15 is 0 Å². The molecule has 0 bridgehead atoms. The van der Waals surface area contributed by atoms with Crippen LogP contribution in [0.25, 0.3) is 11.1 Å². The van der Waals surface area contributed by atoms with E-state index in [-0.39, 0.29) is 0 Å². The number of hydrogen-bond donors (Lipinski definition) is 2. The predicted octanol–water partition coefficient (Wildman–Crippen LogP) is 3.51. The second-order valence-electron chi connectivity index (χ2n) is 6.29. The van der Waals surface area contributed by atoms with E-state index in [1.54, 1.807) is 25.1 Å². The number of nitrogens with one attached hydrogen (secondary N) is 2. The number of carbonyl (C=O) groups is 3. The van der Waals surface area contributed by atoms with Gasteiger partial charge < -0.3 is 14.5 Å². The minimum Gasteiger partial charge on any atom is -0.449 e. The smallest absolute Gasteiger partial charge is 0.339 e. The Bertz CT molecular complexity index is 1030. The molecule has 9 heteroatoms. The van der Waals surface area contributed by atoms with Crippen molar-refractivity contribution < 1.29 is 23.5 Å². The van der Waals surface area contributed by atoms with Gasteiger partial charge in [-0.05, 0) is 37.6 Å². The summed E-state index contributed by atoms with van der Waals surface area (Å²) in [4.78, 5) is 40.5. The molecule has 1 atom stereocenters. The summed E-state index contributed by atoms with van der Waals surface area (Å²) in [6.45, 7) is 3.50. The first-order valence-electron chi connectivity index (χ1n) is 9.34. The molecule has 0 aliphatic carbocycles. The Labute approximate surface area is 177 Å². The van der Waals surface area contributed by atoms with E-state index in [2.05, 4.69) is 15.6 Å². The van der Waals surface area contributed by atoms with Gasteiger partial charge in [0.1, 0.15) is 5.52 Å². The highest BCUT2D eigenvalue weighted by Crippen LogP contribution is 2.27. The third kappa shape index (κ3) is 5.38. The number of imide groups is 1. The maximum atomic E-state index is 12.6. The van der Waals surface area contributed by atoms with Crippen LogP contribution in [0.3, 0.4) is 0 Å². The number of para-hydroxylation sites is 2. The maximum absolute atomic E-state index is 12.6. The van der Waals surface area contributed by atoms with Crippen LogP contribution in [0, 0.1) is 0 Å². The van der Waals surface area contributed by atoms with Gasteiger partial charge >= 0.3 is 12.0 Å². The van der Waals surface area contributed by atoms with Gasteiger partial charge in [-0.15, -0.1) is 0 Å². The van der Waals surface area contributed by atoms with Gasteiger partial charge in [0.2, 0.25) is 0 Å². The van der Waals surface area contributed by atoms with Crippen molar-refractivity contribution in [1.29, 1.82) is 0 Å². The summed E-state index contributed by atoms with van der Waals surface area (Å²) >= 11 is 1.35. The Hall–Kier alpha value is -3.33. The predicted molar refractivity (Wildman–Crippen MR) is 112 cm³/mol. The lowest BCUT2D eigenvalue weighted by atomic mass is 10.1. The summed E-state index contributed by atoms with van der Waals surface area (Å²) in [5.41, 5.74) is 2.50. The Kier molecular flexibility index (Phi) is 7.08. The molecule has 0 saturated carbocycles. The summed E-state index contributed by atoms with van der Waals surface area (Å²) in [5.74, 6) is -0.924. The quantitative estimate of drug-likeness (QED) is 0.438. The highest BCUT2D eigenvalue weighted by molar-refractivity contribution is 7.98. The van der Waals surface area contributed by atoms with Crippen molar-refractivity contribution >= 4 is 40.8 Å². The van der Waals surface area contributed by atoms with E-state index in [1.165, 1.54) is 18.7 Å². The van der Waals surface area contributed by atoms with Gasteiger partial charge in [-0.1, -0.05) is 42.1 Å². The highest BCUT2D eigenvalue weighted by Gasteiger charge is 2.22. The highest BCUT2D eigenvalue weighted by atomic mass is 32.2. The minimum atomic E-state index is -1.13. The SMILES string of the molecule is CCNC(=O)NC(=O)[C@@H](C)OC(=O)c1ccccc1CSc1nc2ccccc2o1.